The molecule has 1 unspecified atom stereocenters. The minimum Gasteiger partial charge on any atom is -0.377 e. The van der Waals surface area contributed by atoms with Gasteiger partial charge in [0, 0.05) is 49.7 Å². The van der Waals surface area contributed by atoms with Gasteiger partial charge in [-0.3, -0.25) is 14.6 Å². The Kier molecular flexibility index (Phi) is 6.28. The third kappa shape index (κ3) is 4.95. The first kappa shape index (κ1) is 23.0. The largest absolute Gasteiger partial charge is 0.410 e. The number of anilines is 2. The number of nitrogens with one attached hydrogen (secondary N) is 1. The Labute approximate surface area is 186 Å². The van der Waals surface area contributed by atoms with Crippen LogP contribution >= 0.6 is 0 Å². The second-order valence-corrected chi connectivity index (χ2v) is 8.10. The van der Waals surface area contributed by atoms with Crippen molar-refractivity contribution in [1.82, 2.24) is 14.9 Å². The Bertz CT molecular complexity index is 1080. The average molecular weight is 469 g/mol. The highest BCUT2D eigenvalue weighted by molar-refractivity contribution is 5.94. The van der Waals surface area contributed by atoms with Crippen LogP contribution in [0.2, 0.25) is 0 Å². The van der Waals surface area contributed by atoms with Crippen LogP contribution in [0.15, 0.2) is 35.4 Å². The van der Waals surface area contributed by atoms with Crippen LogP contribution in [0.3, 0.4) is 0 Å². The van der Waals surface area contributed by atoms with Crippen LogP contribution in [-0.2, 0) is 4.74 Å². The Morgan fingerprint density at radius 1 is 1.15 bits per heavy atom. The van der Waals surface area contributed by atoms with E-state index in [1.54, 1.807) is 0 Å². The summed E-state index contributed by atoms with van der Waals surface area (Å²) in [5, 5.41) is 0. The lowest BCUT2D eigenvalue weighted by Crippen LogP contribution is -2.60. The molecule has 2 aliphatic rings. The van der Waals surface area contributed by atoms with Gasteiger partial charge in [0.25, 0.3) is 11.5 Å². The van der Waals surface area contributed by atoms with Crippen LogP contribution < -0.4 is 15.4 Å². The maximum absolute atomic E-state index is 14.0. The molecule has 2 aromatic rings. The van der Waals surface area contributed by atoms with Gasteiger partial charge in [-0.15, -0.1) is 0 Å². The number of aromatic amines is 1. The van der Waals surface area contributed by atoms with Crippen LogP contribution in [0.4, 0.5) is 29.1 Å². The lowest BCUT2D eigenvalue weighted by molar-refractivity contribution is -0.154. The number of ether oxygens (including phenoxy) is 1. The predicted octanol–water partition coefficient (Wildman–Crippen LogP) is 2.03. The second-order valence-electron chi connectivity index (χ2n) is 8.10. The molecule has 0 spiro atoms. The first-order valence-corrected chi connectivity index (χ1v) is 10.5. The standard InChI is InChI=1S/C21H23F4N5O3/c1-13-12-33-5-4-29(13)16-7-18(27-19(31)8-16)30-3-2-28(11-17(30)21(23,24)25)20(32)14-6-15(22)10-26-9-14/h6-10,13,17H,2-5,11-12H2,1H3,(H,27,31)/t13-,17?/m1/s1. The molecule has 2 aliphatic heterocycles. The lowest BCUT2D eigenvalue weighted by Gasteiger charge is -2.43. The number of carbonyl (C=O) groups excluding carboxylic acids is 1. The van der Waals surface area contributed by atoms with E-state index in [0.29, 0.717) is 25.4 Å². The van der Waals surface area contributed by atoms with Crippen molar-refractivity contribution >= 4 is 17.4 Å². The number of alkyl halides is 3. The Balaban J connectivity index is 1.62. The molecule has 2 fully saturated rings. The van der Waals surface area contributed by atoms with Gasteiger partial charge in [-0.25, -0.2) is 4.39 Å². The molecule has 33 heavy (non-hydrogen) atoms. The fourth-order valence-corrected chi connectivity index (χ4v) is 4.19. The van der Waals surface area contributed by atoms with E-state index in [0.717, 1.165) is 28.3 Å². The summed E-state index contributed by atoms with van der Waals surface area (Å²) in [7, 11) is 0. The van der Waals surface area contributed by atoms with Crippen molar-refractivity contribution in [3.05, 3.63) is 52.3 Å². The van der Waals surface area contributed by atoms with Gasteiger partial charge >= 0.3 is 6.18 Å². The van der Waals surface area contributed by atoms with Crippen molar-refractivity contribution in [2.75, 3.05) is 49.2 Å². The van der Waals surface area contributed by atoms with E-state index in [1.807, 2.05) is 11.8 Å². The summed E-state index contributed by atoms with van der Waals surface area (Å²) in [5.41, 5.74) is -0.137. The fourth-order valence-electron chi connectivity index (χ4n) is 4.19. The third-order valence-corrected chi connectivity index (χ3v) is 5.82. The van der Waals surface area contributed by atoms with E-state index in [9.17, 15) is 27.2 Å². The molecule has 0 aliphatic carbocycles. The summed E-state index contributed by atoms with van der Waals surface area (Å²) in [6.07, 6.45) is -2.66. The van der Waals surface area contributed by atoms with Crippen molar-refractivity contribution in [2.24, 2.45) is 0 Å². The maximum atomic E-state index is 14.0. The molecule has 2 saturated heterocycles. The molecule has 4 rings (SSSR count). The minimum absolute atomic E-state index is 0.0260. The van der Waals surface area contributed by atoms with Crippen LogP contribution in [0, 0.1) is 5.82 Å². The number of nitrogens with zero attached hydrogens (tertiary/aromatic N) is 4. The van der Waals surface area contributed by atoms with E-state index >= 15 is 0 Å². The molecule has 2 aromatic heterocycles. The quantitative estimate of drug-likeness (QED) is 0.693. The number of carbonyl (C=O) groups is 1. The molecule has 12 heteroatoms. The number of hydrogen-bond donors (Lipinski definition) is 1. The molecule has 4 heterocycles. The SMILES string of the molecule is C[C@@H]1COCCN1c1cc(N2CCN(C(=O)c3cncc(F)c3)CC2C(F)(F)F)[nH]c(=O)c1. The minimum atomic E-state index is -4.68. The van der Waals surface area contributed by atoms with Gasteiger partial charge in [-0.1, -0.05) is 0 Å². The number of hydrogen-bond acceptors (Lipinski definition) is 6. The maximum Gasteiger partial charge on any atom is 0.410 e. The van der Waals surface area contributed by atoms with Gasteiger partial charge in [-0.2, -0.15) is 13.2 Å². The summed E-state index contributed by atoms with van der Waals surface area (Å²) in [4.78, 5) is 35.1. The zero-order valence-corrected chi connectivity index (χ0v) is 17.8. The Morgan fingerprint density at radius 3 is 2.64 bits per heavy atom. The van der Waals surface area contributed by atoms with E-state index in [-0.39, 0.29) is 30.5 Å². The molecular formula is C21H23F4N5O3. The van der Waals surface area contributed by atoms with Crippen molar-refractivity contribution in [1.29, 1.82) is 0 Å². The topological polar surface area (TPSA) is 81.8 Å². The molecule has 2 atom stereocenters. The smallest absolute Gasteiger partial charge is 0.377 e. The molecule has 0 saturated carbocycles. The normalized spacial score (nSPS) is 21.9. The number of halogens is 4. The van der Waals surface area contributed by atoms with E-state index in [2.05, 4.69) is 9.97 Å². The highest BCUT2D eigenvalue weighted by Crippen LogP contribution is 2.32. The number of amides is 1. The van der Waals surface area contributed by atoms with Crippen LogP contribution in [-0.4, -0.2) is 78.4 Å². The van der Waals surface area contributed by atoms with Crippen molar-refractivity contribution in [3.63, 3.8) is 0 Å². The summed E-state index contributed by atoms with van der Waals surface area (Å²) < 4.78 is 60.9. The average Bonchev–Trinajstić information content (AvgIpc) is 2.77. The molecule has 0 bridgehead atoms. The molecule has 0 radical (unpaired) electrons. The number of morpholine rings is 1. The van der Waals surface area contributed by atoms with Gasteiger partial charge in [-0.05, 0) is 13.0 Å². The van der Waals surface area contributed by atoms with E-state index < -0.39 is 36.0 Å². The molecule has 8 nitrogen and oxygen atoms in total. The highest BCUT2D eigenvalue weighted by Gasteiger charge is 2.48. The van der Waals surface area contributed by atoms with Gasteiger partial charge in [0.05, 0.1) is 31.5 Å². The molecule has 1 N–H and O–H groups in total. The van der Waals surface area contributed by atoms with Crippen molar-refractivity contribution in [2.45, 2.75) is 25.2 Å². The number of aromatic nitrogens is 2. The van der Waals surface area contributed by atoms with Gasteiger partial charge in [0.1, 0.15) is 17.7 Å². The Morgan fingerprint density at radius 2 is 1.94 bits per heavy atom. The van der Waals surface area contributed by atoms with Gasteiger partial charge in [0.2, 0.25) is 0 Å². The van der Waals surface area contributed by atoms with Crippen LogP contribution in [0.25, 0.3) is 0 Å². The number of rotatable bonds is 3. The summed E-state index contributed by atoms with van der Waals surface area (Å²) in [5.74, 6) is -1.46. The van der Waals surface area contributed by atoms with Gasteiger partial charge < -0.3 is 24.4 Å². The number of pyridine rings is 2. The Hall–Kier alpha value is -3.15. The first-order valence-electron chi connectivity index (χ1n) is 10.5. The third-order valence-electron chi connectivity index (χ3n) is 5.82. The summed E-state index contributed by atoms with van der Waals surface area (Å²) in [6.45, 7) is 2.44. The predicted molar refractivity (Wildman–Crippen MR) is 112 cm³/mol. The van der Waals surface area contributed by atoms with Crippen molar-refractivity contribution in [3.8, 4) is 0 Å². The number of H-pyrrole nitrogens is 1. The van der Waals surface area contributed by atoms with Crippen LogP contribution in [0.5, 0.6) is 0 Å². The molecule has 178 valence electrons. The monoisotopic (exact) mass is 469 g/mol. The zero-order valence-electron chi connectivity index (χ0n) is 17.8. The zero-order chi connectivity index (χ0) is 23.8. The van der Waals surface area contributed by atoms with Crippen molar-refractivity contribution < 1.29 is 27.1 Å². The highest BCUT2D eigenvalue weighted by atomic mass is 19.4. The lowest BCUT2D eigenvalue weighted by atomic mass is 10.1. The fraction of sp³-hybridized carbons (Fsp3) is 0.476. The van der Waals surface area contributed by atoms with E-state index in [1.165, 1.54) is 12.1 Å². The van der Waals surface area contributed by atoms with Gasteiger partial charge in [0.15, 0.2) is 0 Å². The van der Waals surface area contributed by atoms with E-state index in [4.69, 9.17) is 4.74 Å². The second kappa shape index (κ2) is 9.00. The first-order chi connectivity index (χ1) is 15.6. The molecule has 1 amide bonds. The summed E-state index contributed by atoms with van der Waals surface area (Å²) >= 11 is 0. The molecule has 0 aromatic carbocycles. The van der Waals surface area contributed by atoms with Crippen LogP contribution in [0.1, 0.15) is 17.3 Å². The number of piperazine rings is 1. The molecular weight excluding hydrogens is 446 g/mol. The summed E-state index contributed by atoms with van der Waals surface area (Å²) in [6, 6.07) is 1.72.